The van der Waals surface area contributed by atoms with Gasteiger partial charge in [-0.05, 0) is 33.4 Å². The van der Waals surface area contributed by atoms with E-state index in [1.54, 1.807) is 6.07 Å². The van der Waals surface area contributed by atoms with Gasteiger partial charge in [0.2, 0.25) is 5.88 Å². The normalized spacial score (nSPS) is 19.1. The summed E-state index contributed by atoms with van der Waals surface area (Å²) in [5.74, 6) is -0.0556. The number of nitrogens with one attached hydrogen (secondary N) is 1. The average molecular weight is 412 g/mol. The molecule has 1 aromatic heterocycles. The minimum Gasteiger partial charge on any atom is -0.474 e. The van der Waals surface area contributed by atoms with Gasteiger partial charge in [0.15, 0.2) is 0 Å². The molecule has 0 spiro atoms. The van der Waals surface area contributed by atoms with E-state index in [0.717, 1.165) is 6.42 Å². The Morgan fingerprint density at radius 2 is 1.93 bits per heavy atom. The van der Waals surface area contributed by atoms with Crippen LogP contribution in [0.2, 0.25) is 0 Å². The summed E-state index contributed by atoms with van der Waals surface area (Å²) in [7, 11) is -1.74. The average Bonchev–Trinajstić information content (AvgIpc) is 2.67. The number of anilines is 1. The van der Waals surface area contributed by atoms with Gasteiger partial charge in [0.25, 0.3) is 5.91 Å². The number of nitrogens with zero attached hydrogens (tertiary/aromatic N) is 4. The second kappa shape index (κ2) is 7.84. The summed E-state index contributed by atoms with van der Waals surface area (Å²) in [6.45, 7) is 8.51. The quantitative estimate of drug-likeness (QED) is 0.766. The fourth-order valence-electron chi connectivity index (χ4n) is 3.07. The maximum Gasteiger partial charge on any atom is 0.304 e. The molecule has 3 heterocycles. The molecule has 9 nitrogen and oxygen atoms in total. The Kier molecular flexibility index (Phi) is 5.83. The van der Waals surface area contributed by atoms with Crippen LogP contribution in [0, 0.1) is 0 Å². The number of fused-ring (bicyclic) bond motifs is 1. The standard InChI is InChI=1S/C18H29N5O4S/c1-5-18(2,3)20-16(24)14-12-15-17(19-13-14)27-11-10-23(15)28(25,26)22-8-6-21(4)7-9-22/h12-13H,5-11H2,1-4H3,(H,20,24). The maximum atomic E-state index is 13.2. The molecule has 2 aliphatic rings. The number of likely N-dealkylation sites (N-methyl/N-ethyl adjacent to an activating group) is 1. The highest BCUT2D eigenvalue weighted by Gasteiger charge is 2.36. The number of carbonyl (C=O) groups is 1. The number of amides is 1. The Labute approximate surface area is 166 Å². The molecular formula is C18H29N5O4S. The van der Waals surface area contributed by atoms with Crippen molar-refractivity contribution in [1.29, 1.82) is 0 Å². The van der Waals surface area contributed by atoms with Crippen LogP contribution in [0.3, 0.4) is 0 Å². The Balaban J connectivity index is 1.89. The highest BCUT2D eigenvalue weighted by Crippen LogP contribution is 2.33. The van der Waals surface area contributed by atoms with Gasteiger partial charge < -0.3 is 15.0 Å². The highest BCUT2D eigenvalue weighted by atomic mass is 32.2. The molecule has 10 heteroatoms. The van der Waals surface area contributed by atoms with Gasteiger partial charge in [-0.15, -0.1) is 0 Å². The molecule has 1 N–H and O–H groups in total. The third kappa shape index (κ3) is 4.23. The van der Waals surface area contributed by atoms with Gasteiger partial charge in [0, 0.05) is 37.9 Å². The first kappa shape index (κ1) is 20.8. The van der Waals surface area contributed by atoms with Gasteiger partial charge in [-0.3, -0.25) is 4.79 Å². The number of ether oxygens (including phenoxy) is 1. The highest BCUT2D eigenvalue weighted by molar-refractivity contribution is 7.90. The van der Waals surface area contributed by atoms with Crippen LogP contribution in [0.15, 0.2) is 12.3 Å². The first-order valence-electron chi connectivity index (χ1n) is 9.56. The topological polar surface area (TPSA) is 95.1 Å². The van der Waals surface area contributed by atoms with Gasteiger partial charge in [0.1, 0.15) is 12.3 Å². The summed E-state index contributed by atoms with van der Waals surface area (Å²) < 4.78 is 34.8. The zero-order chi connectivity index (χ0) is 20.5. The van der Waals surface area contributed by atoms with Gasteiger partial charge in [-0.25, -0.2) is 9.29 Å². The molecule has 28 heavy (non-hydrogen) atoms. The van der Waals surface area contributed by atoms with Crippen molar-refractivity contribution >= 4 is 21.8 Å². The summed E-state index contributed by atoms with van der Waals surface area (Å²) in [5, 5.41) is 2.95. The van der Waals surface area contributed by atoms with Crippen molar-refractivity contribution in [3.8, 4) is 5.88 Å². The fraction of sp³-hybridized carbons (Fsp3) is 0.667. The zero-order valence-electron chi connectivity index (χ0n) is 16.9. The molecule has 0 saturated carbocycles. The van der Waals surface area contributed by atoms with Gasteiger partial charge in [0.05, 0.1) is 12.1 Å². The molecule has 2 aliphatic heterocycles. The smallest absolute Gasteiger partial charge is 0.304 e. The van der Waals surface area contributed by atoms with Crippen molar-refractivity contribution < 1.29 is 17.9 Å². The number of hydrogen-bond donors (Lipinski definition) is 1. The molecule has 3 rings (SSSR count). The molecular weight excluding hydrogens is 382 g/mol. The summed E-state index contributed by atoms with van der Waals surface area (Å²) in [4.78, 5) is 18.9. The Morgan fingerprint density at radius 1 is 1.25 bits per heavy atom. The third-order valence-electron chi connectivity index (χ3n) is 5.30. The number of hydrogen-bond acceptors (Lipinski definition) is 6. The molecule has 0 aromatic carbocycles. The minimum atomic E-state index is -3.72. The summed E-state index contributed by atoms with van der Waals surface area (Å²) in [6, 6.07) is 1.55. The second-order valence-electron chi connectivity index (χ2n) is 7.87. The van der Waals surface area contributed by atoms with Crippen LogP contribution in [0.5, 0.6) is 5.88 Å². The molecule has 1 saturated heterocycles. The van der Waals surface area contributed by atoms with E-state index in [1.807, 2.05) is 27.8 Å². The Hall–Kier alpha value is -1.91. The van der Waals surface area contributed by atoms with E-state index in [1.165, 1.54) is 14.8 Å². The number of rotatable bonds is 5. The summed E-state index contributed by atoms with van der Waals surface area (Å²) in [6.07, 6.45) is 2.19. The number of carbonyl (C=O) groups excluding carboxylic acids is 1. The van der Waals surface area contributed by atoms with Crippen molar-refractivity contribution in [2.45, 2.75) is 32.7 Å². The largest absolute Gasteiger partial charge is 0.474 e. The Bertz CT molecular complexity index is 834. The van der Waals surface area contributed by atoms with Crippen LogP contribution >= 0.6 is 0 Å². The lowest BCUT2D eigenvalue weighted by molar-refractivity contribution is 0.0910. The van der Waals surface area contributed by atoms with E-state index in [9.17, 15) is 13.2 Å². The number of piperazine rings is 1. The van der Waals surface area contributed by atoms with Crippen molar-refractivity contribution in [2.75, 3.05) is 50.7 Å². The number of pyridine rings is 1. The third-order valence-corrected chi connectivity index (χ3v) is 7.25. The fourth-order valence-corrected chi connectivity index (χ4v) is 4.65. The lowest BCUT2D eigenvalue weighted by atomic mass is 10.0. The van der Waals surface area contributed by atoms with E-state index < -0.39 is 10.2 Å². The van der Waals surface area contributed by atoms with Crippen LogP contribution < -0.4 is 14.4 Å². The van der Waals surface area contributed by atoms with Gasteiger partial charge in [-0.2, -0.15) is 12.7 Å². The monoisotopic (exact) mass is 411 g/mol. The maximum absolute atomic E-state index is 13.2. The van der Waals surface area contributed by atoms with Crippen LogP contribution in [0.1, 0.15) is 37.6 Å². The number of aromatic nitrogens is 1. The van der Waals surface area contributed by atoms with Crippen molar-refractivity contribution in [3.05, 3.63) is 17.8 Å². The van der Waals surface area contributed by atoms with Crippen LogP contribution in [0.4, 0.5) is 5.69 Å². The molecule has 1 fully saturated rings. The predicted octanol–water partition coefficient (Wildman–Crippen LogP) is 0.691. The summed E-state index contributed by atoms with van der Waals surface area (Å²) >= 11 is 0. The van der Waals surface area contributed by atoms with Gasteiger partial charge >= 0.3 is 10.2 Å². The molecule has 0 radical (unpaired) electrons. The van der Waals surface area contributed by atoms with Crippen molar-refractivity contribution in [3.63, 3.8) is 0 Å². The molecule has 156 valence electrons. The van der Waals surface area contributed by atoms with E-state index in [2.05, 4.69) is 15.2 Å². The predicted molar refractivity (Wildman–Crippen MR) is 107 cm³/mol. The molecule has 0 atom stereocenters. The molecule has 0 unspecified atom stereocenters. The van der Waals surface area contributed by atoms with E-state index in [4.69, 9.17) is 4.74 Å². The lowest BCUT2D eigenvalue weighted by Gasteiger charge is -2.37. The van der Waals surface area contributed by atoms with E-state index in [-0.39, 0.29) is 30.5 Å². The van der Waals surface area contributed by atoms with Crippen molar-refractivity contribution in [2.24, 2.45) is 0 Å². The van der Waals surface area contributed by atoms with E-state index >= 15 is 0 Å². The minimum absolute atomic E-state index is 0.189. The van der Waals surface area contributed by atoms with Crippen LogP contribution in [-0.2, 0) is 10.2 Å². The van der Waals surface area contributed by atoms with Crippen molar-refractivity contribution in [1.82, 2.24) is 19.5 Å². The molecule has 0 aliphatic carbocycles. The second-order valence-corrected chi connectivity index (χ2v) is 9.72. The first-order chi connectivity index (χ1) is 13.1. The van der Waals surface area contributed by atoms with E-state index in [0.29, 0.717) is 37.4 Å². The lowest BCUT2D eigenvalue weighted by Crippen LogP contribution is -2.53. The molecule has 1 amide bonds. The SMILES string of the molecule is CCC(C)(C)NC(=O)c1cnc2c(c1)N(S(=O)(=O)N1CCN(C)CC1)CCO2. The molecule has 1 aromatic rings. The van der Waals surface area contributed by atoms with Crippen LogP contribution in [-0.4, -0.2) is 80.4 Å². The Morgan fingerprint density at radius 3 is 2.57 bits per heavy atom. The summed E-state index contributed by atoms with van der Waals surface area (Å²) in [5.41, 5.74) is 0.256. The first-order valence-corrected chi connectivity index (χ1v) is 11.0. The molecule has 0 bridgehead atoms. The van der Waals surface area contributed by atoms with Gasteiger partial charge in [-0.1, -0.05) is 6.92 Å². The zero-order valence-corrected chi connectivity index (χ0v) is 17.8. The van der Waals surface area contributed by atoms with Crippen LogP contribution in [0.25, 0.3) is 0 Å².